The molecule has 0 aliphatic carbocycles. The molecular formula is C12H13Br2N5O. The van der Waals surface area contributed by atoms with E-state index in [0.29, 0.717) is 5.95 Å². The average molecular weight is 403 g/mol. The highest BCUT2D eigenvalue weighted by Gasteiger charge is 2.09. The van der Waals surface area contributed by atoms with Crippen LogP contribution in [0.2, 0.25) is 0 Å². The lowest BCUT2D eigenvalue weighted by atomic mass is 10.3. The lowest BCUT2D eigenvalue weighted by Gasteiger charge is -2.11. The van der Waals surface area contributed by atoms with Gasteiger partial charge in [-0.15, -0.1) is 0 Å². The zero-order valence-corrected chi connectivity index (χ0v) is 14.1. The third-order valence-electron chi connectivity index (χ3n) is 2.15. The fourth-order valence-electron chi connectivity index (χ4n) is 1.40. The summed E-state index contributed by atoms with van der Waals surface area (Å²) >= 11 is 6.85. The second-order valence-electron chi connectivity index (χ2n) is 4.22. The van der Waals surface area contributed by atoms with Crippen LogP contribution in [0.5, 0.6) is 6.01 Å². The summed E-state index contributed by atoms with van der Waals surface area (Å²) < 4.78 is 7.26. The van der Waals surface area contributed by atoms with Crippen molar-refractivity contribution in [2.75, 3.05) is 11.1 Å². The number of hydrogen-bond acceptors (Lipinski definition) is 6. The summed E-state index contributed by atoms with van der Waals surface area (Å²) in [7, 11) is 0. The maximum atomic E-state index is 5.65. The lowest BCUT2D eigenvalue weighted by molar-refractivity contribution is 0.222. The van der Waals surface area contributed by atoms with Crippen LogP contribution in [0.25, 0.3) is 0 Å². The smallest absolute Gasteiger partial charge is 0.323 e. The molecule has 0 amide bonds. The van der Waals surface area contributed by atoms with Crippen molar-refractivity contribution in [3.05, 3.63) is 27.1 Å². The average Bonchev–Trinajstić information content (AvgIpc) is 2.31. The SMILES string of the molecule is CC(C)Oc1nc(N)nc(Nc2ccc(Br)cc2Br)n1. The molecular weight excluding hydrogens is 390 g/mol. The van der Waals surface area contributed by atoms with E-state index in [-0.39, 0.29) is 18.1 Å². The summed E-state index contributed by atoms with van der Waals surface area (Å²) in [6.45, 7) is 3.77. The Morgan fingerprint density at radius 3 is 2.60 bits per heavy atom. The largest absolute Gasteiger partial charge is 0.461 e. The van der Waals surface area contributed by atoms with Crippen LogP contribution in [0.3, 0.4) is 0 Å². The van der Waals surface area contributed by atoms with Crippen LogP contribution in [0.4, 0.5) is 17.6 Å². The predicted molar refractivity (Wildman–Crippen MR) is 85.1 cm³/mol. The number of halogens is 2. The van der Waals surface area contributed by atoms with Crippen LogP contribution < -0.4 is 15.8 Å². The van der Waals surface area contributed by atoms with Crippen molar-refractivity contribution in [1.82, 2.24) is 15.0 Å². The van der Waals surface area contributed by atoms with Gasteiger partial charge < -0.3 is 15.8 Å². The van der Waals surface area contributed by atoms with Gasteiger partial charge >= 0.3 is 6.01 Å². The molecule has 0 saturated carbocycles. The van der Waals surface area contributed by atoms with Crippen molar-refractivity contribution in [2.45, 2.75) is 20.0 Å². The number of aromatic nitrogens is 3. The second-order valence-corrected chi connectivity index (χ2v) is 5.99. The van der Waals surface area contributed by atoms with Crippen molar-refractivity contribution in [3.8, 4) is 6.01 Å². The van der Waals surface area contributed by atoms with Crippen LogP contribution in [-0.2, 0) is 0 Å². The van der Waals surface area contributed by atoms with E-state index in [0.717, 1.165) is 14.6 Å². The van der Waals surface area contributed by atoms with Crippen LogP contribution >= 0.6 is 31.9 Å². The van der Waals surface area contributed by atoms with Crippen LogP contribution in [-0.4, -0.2) is 21.1 Å². The standard InChI is InChI=1S/C12H13Br2N5O/c1-6(2)20-12-18-10(15)17-11(19-12)16-9-4-3-7(13)5-8(9)14/h3-6H,1-2H3,(H3,15,16,17,18,19). The zero-order chi connectivity index (χ0) is 14.7. The van der Waals surface area contributed by atoms with Gasteiger partial charge in [0.2, 0.25) is 11.9 Å². The summed E-state index contributed by atoms with van der Waals surface area (Å²) in [4.78, 5) is 12.1. The van der Waals surface area contributed by atoms with Crippen molar-refractivity contribution in [1.29, 1.82) is 0 Å². The molecule has 2 rings (SSSR count). The van der Waals surface area contributed by atoms with Crippen molar-refractivity contribution >= 4 is 49.4 Å². The topological polar surface area (TPSA) is 86.0 Å². The van der Waals surface area contributed by atoms with Gasteiger partial charge in [-0.1, -0.05) is 15.9 Å². The maximum absolute atomic E-state index is 5.65. The fraction of sp³-hybridized carbons (Fsp3) is 0.250. The molecule has 0 spiro atoms. The number of ether oxygens (including phenoxy) is 1. The van der Waals surface area contributed by atoms with Crippen LogP contribution in [0.15, 0.2) is 27.1 Å². The molecule has 0 aliphatic heterocycles. The summed E-state index contributed by atoms with van der Waals surface area (Å²) in [5, 5.41) is 3.06. The highest BCUT2D eigenvalue weighted by molar-refractivity contribution is 9.11. The number of hydrogen-bond donors (Lipinski definition) is 2. The Bertz CT molecular complexity index is 621. The van der Waals surface area contributed by atoms with Crippen LogP contribution in [0, 0.1) is 0 Å². The highest BCUT2D eigenvalue weighted by Crippen LogP contribution is 2.28. The number of benzene rings is 1. The van der Waals surface area contributed by atoms with E-state index >= 15 is 0 Å². The van der Waals surface area contributed by atoms with Gasteiger partial charge in [-0.05, 0) is 48.0 Å². The first kappa shape index (κ1) is 15.0. The molecule has 106 valence electrons. The fourth-order valence-corrected chi connectivity index (χ4v) is 2.55. The van der Waals surface area contributed by atoms with Gasteiger partial charge in [0.05, 0.1) is 11.8 Å². The number of anilines is 3. The summed E-state index contributed by atoms with van der Waals surface area (Å²) in [5.41, 5.74) is 6.46. The van der Waals surface area contributed by atoms with Gasteiger partial charge in [0, 0.05) is 8.95 Å². The highest BCUT2D eigenvalue weighted by atomic mass is 79.9. The monoisotopic (exact) mass is 401 g/mol. The lowest BCUT2D eigenvalue weighted by Crippen LogP contribution is -2.11. The molecule has 6 nitrogen and oxygen atoms in total. The number of rotatable bonds is 4. The Morgan fingerprint density at radius 1 is 1.20 bits per heavy atom. The van der Waals surface area contributed by atoms with E-state index in [4.69, 9.17) is 10.5 Å². The van der Waals surface area contributed by atoms with E-state index in [2.05, 4.69) is 52.1 Å². The Morgan fingerprint density at radius 2 is 1.95 bits per heavy atom. The van der Waals surface area contributed by atoms with Gasteiger partial charge in [0.25, 0.3) is 0 Å². The zero-order valence-electron chi connectivity index (χ0n) is 10.9. The number of nitrogens with one attached hydrogen (secondary N) is 1. The van der Waals surface area contributed by atoms with Crippen molar-refractivity contribution < 1.29 is 4.74 Å². The van der Waals surface area contributed by atoms with Crippen molar-refractivity contribution in [3.63, 3.8) is 0 Å². The van der Waals surface area contributed by atoms with Gasteiger partial charge in [-0.2, -0.15) is 15.0 Å². The van der Waals surface area contributed by atoms with E-state index in [1.54, 1.807) is 0 Å². The molecule has 3 N–H and O–H groups in total. The number of nitrogens with zero attached hydrogens (tertiary/aromatic N) is 3. The van der Waals surface area contributed by atoms with E-state index < -0.39 is 0 Å². The van der Waals surface area contributed by atoms with Crippen molar-refractivity contribution in [2.24, 2.45) is 0 Å². The Kier molecular flexibility index (Phi) is 4.77. The molecule has 0 aliphatic rings. The minimum Gasteiger partial charge on any atom is -0.461 e. The van der Waals surface area contributed by atoms with E-state index in [9.17, 15) is 0 Å². The molecule has 1 aromatic heterocycles. The Hall–Kier alpha value is -1.41. The minimum absolute atomic E-state index is 0.0379. The molecule has 0 bridgehead atoms. The normalized spacial score (nSPS) is 10.7. The molecule has 0 atom stereocenters. The molecule has 0 saturated heterocycles. The minimum atomic E-state index is -0.0379. The van der Waals surface area contributed by atoms with E-state index in [1.807, 2.05) is 32.0 Å². The number of nitrogens with two attached hydrogens (primary N) is 1. The summed E-state index contributed by atoms with van der Waals surface area (Å²) in [5.74, 6) is 0.433. The summed E-state index contributed by atoms with van der Waals surface area (Å²) in [6.07, 6.45) is -0.0379. The molecule has 0 unspecified atom stereocenters. The maximum Gasteiger partial charge on any atom is 0.323 e. The molecule has 20 heavy (non-hydrogen) atoms. The molecule has 1 heterocycles. The first-order chi connectivity index (χ1) is 9.44. The van der Waals surface area contributed by atoms with E-state index in [1.165, 1.54) is 0 Å². The van der Waals surface area contributed by atoms with Gasteiger partial charge in [-0.25, -0.2) is 0 Å². The number of nitrogen functional groups attached to an aromatic ring is 1. The van der Waals surface area contributed by atoms with Gasteiger partial charge in [0.1, 0.15) is 0 Å². The third-order valence-corrected chi connectivity index (χ3v) is 3.30. The van der Waals surface area contributed by atoms with Gasteiger partial charge in [0.15, 0.2) is 0 Å². The molecule has 0 radical (unpaired) electrons. The molecule has 8 heteroatoms. The molecule has 1 aromatic carbocycles. The third kappa shape index (κ3) is 4.04. The molecule has 0 fully saturated rings. The predicted octanol–water partition coefficient (Wildman–Crippen LogP) is 3.51. The Labute approximate surface area is 133 Å². The van der Waals surface area contributed by atoms with Gasteiger partial charge in [-0.3, -0.25) is 0 Å². The summed E-state index contributed by atoms with van der Waals surface area (Å²) in [6, 6.07) is 5.90. The Balaban J connectivity index is 2.26. The second kappa shape index (κ2) is 6.36. The quantitative estimate of drug-likeness (QED) is 0.813. The first-order valence-corrected chi connectivity index (χ1v) is 7.43. The first-order valence-electron chi connectivity index (χ1n) is 5.84. The van der Waals surface area contributed by atoms with Crippen LogP contribution in [0.1, 0.15) is 13.8 Å². The molecule has 2 aromatic rings.